The quantitative estimate of drug-likeness (QED) is 0.580. The minimum atomic E-state index is -0.809. The topological polar surface area (TPSA) is 68.0 Å². The predicted octanol–water partition coefficient (Wildman–Crippen LogP) is 2.52. The first-order valence-corrected chi connectivity index (χ1v) is 7.48. The minimum absolute atomic E-state index is 0.0522. The normalized spacial score (nSPS) is 14.9. The second-order valence-electron chi connectivity index (χ2n) is 4.66. The highest BCUT2D eigenvalue weighted by Crippen LogP contribution is 2.40. The molecular formula is C12H19N3O2S. The number of carbonyl (C=O) groups is 1. The maximum atomic E-state index is 10.6. The fourth-order valence-electron chi connectivity index (χ4n) is 1.91. The third-order valence-corrected chi connectivity index (χ3v) is 3.95. The van der Waals surface area contributed by atoms with E-state index in [0.717, 1.165) is 23.9 Å². The molecule has 6 heteroatoms. The highest BCUT2D eigenvalue weighted by atomic mass is 32.2. The lowest BCUT2D eigenvalue weighted by atomic mass is 10.2. The van der Waals surface area contributed by atoms with Crippen molar-refractivity contribution in [2.24, 2.45) is 0 Å². The molecule has 1 heterocycles. The van der Waals surface area contributed by atoms with Crippen LogP contribution in [0.3, 0.4) is 0 Å². The summed E-state index contributed by atoms with van der Waals surface area (Å²) in [6, 6.07) is 0. The van der Waals surface area contributed by atoms with Gasteiger partial charge in [0.15, 0.2) is 5.16 Å². The fourth-order valence-corrected chi connectivity index (χ4v) is 2.60. The number of unbranched alkanes of at least 4 members (excludes halogenated alkanes) is 2. The van der Waals surface area contributed by atoms with Crippen molar-refractivity contribution < 1.29 is 9.90 Å². The van der Waals surface area contributed by atoms with E-state index >= 15 is 0 Å². The number of aliphatic carboxylic acids is 1. The molecule has 0 saturated heterocycles. The summed E-state index contributed by atoms with van der Waals surface area (Å²) >= 11 is 1.27. The standard InChI is InChI=1S/C12H19N3O2S/c1-2-3-4-7-15-11(9-5-6-9)13-14-12(15)18-8-10(16)17/h9H,2-8H2,1H3,(H,16,17). The largest absolute Gasteiger partial charge is 0.481 e. The number of nitrogens with zero attached hydrogens (tertiary/aromatic N) is 3. The average molecular weight is 269 g/mol. The molecule has 0 amide bonds. The van der Waals surface area contributed by atoms with Crippen molar-refractivity contribution in [3.8, 4) is 0 Å². The van der Waals surface area contributed by atoms with Gasteiger partial charge in [-0.1, -0.05) is 31.5 Å². The van der Waals surface area contributed by atoms with Crippen LogP contribution in [0, 0.1) is 0 Å². The summed E-state index contributed by atoms with van der Waals surface area (Å²) in [4.78, 5) is 10.6. The zero-order valence-electron chi connectivity index (χ0n) is 10.6. The zero-order chi connectivity index (χ0) is 13.0. The lowest BCUT2D eigenvalue weighted by molar-refractivity contribution is -0.133. The third kappa shape index (κ3) is 3.48. The second-order valence-corrected chi connectivity index (χ2v) is 5.60. The molecule has 2 rings (SSSR count). The number of hydrogen-bond acceptors (Lipinski definition) is 4. The van der Waals surface area contributed by atoms with E-state index in [1.54, 1.807) is 0 Å². The van der Waals surface area contributed by atoms with E-state index in [4.69, 9.17) is 5.11 Å². The molecule has 1 aromatic heterocycles. The van der Waals surface area contributed by atoms with Crippen molar-refractivity contribution >= 4 is 17.7 Å². The Morgan fingerprint density at radius 1 is 1.44 bits per heavy atom. The Kier molecular flexibility index (Phi) is 4.63. The summed E-state index contributed by atoms with van der Waals surface area (Å²) in [7, 11) is 0. The van der Waals surface area contributed by atoms with E-state index < -0.39 is 5.97 Å². The number of carboxylic acid groups (broad SMARTS) is 1. The van der Waals surface area contributed by atoms with Gasteiger partial charge in [0.1, 0.15) is 5.82 Å². The highest BCUT2D eigenvalue weighted by molar-refractivity contribution is 7.99. The van der Waals surface area contributed by atoms with Gasteiger partial charge in [-0.25, -0.2) is 0 Å². The molecule has 0 radical (unpaired) electrons. The Morgan fingerprint density at radius 2 is 2.22 bits per heavy atom. The van der Waals surface area contributed by atoms with Crippen LogP contribution >= 0.6 is 11.8 Å². The molecule has 1 fully saturated rings. The van der Waals surface area contributed by atoms with Crippen molar-refractivity contribution in [3.05, 3.63) is 5.82 Å². The molecule has 5 nitrogen and oxygen atoms in total. The van der Waals surface area contributed by atoms with E-state index in [1.807, 2.05) is 0 Å². The minimum Gasteiger partial charge on any atom is -0.481 e. The summed E-state index contributed by atoms with van der Waals surface area (Å²) in [6.07, 6.45) is 5.85. The Labute approximate surface area is 111 Å². The van der Waals surface area contributed by atoms with Crippen LogP contribution in [-0.2, 0) is 11.3 Å². The van der Waals surface area contributed by atoms with Crippen molar-refractivity contribution in [1.29, 1.82) is 0 Å². The van der Waals surface area contributed by atoms with E-state index in [9.17, 15) is 4.79 Å². The number of thioether (sulfide) groups is 1. The van der Waals surface area contributed by atoms with Crippen LogP contribution in [0.15, 0.2) is 5.16 Å². The molecule has 18 heavy (non-hydrogen) atoms. The molecule has 0 atom stereocenters. The van der Waals surface area contributed by atoms with Crippen LogP contribution < -0.4 is 0 Å². The van der Waals surface area contributed by atoms with Crippen LogP contribution in [0.1, 0.15) is 50.8 Å². The average Bonchev–Trinajstić information content (AvgIpc) is 3.10. The van der Waals surface area contributed by atoms with Crippen LogP contribution in [0.5, 0.6) is 0 Å². The van der Waals surface area contributed by atoms with Gasteiger partial charge in [-0.15, -0.1) is 10.2 Å². The van der Waals surface area contributed by atoms with E-state index in [-0.39, 0.29) is 5.75 Å². The summed E-state index contributed by atoms with van der Waals surface area (Å²) in [5.74, 6) is 0.852. The molecule has 1 saturated carbocycles. The van der Waals surface area contributed by atoms with E-state index in [2.05, 4.69) is 21.7 Å². The molecular weight excluding hydrogens is 250 g/mol. The number of hydrogen-bond donors (Lipinski definition) is 1. The van der Waals surface area contributed by atoms with E-state index in [1.165, 1.54) is 37.4 Å². The van der Waals surface area contributed by atoms with Gasteiger partial charge in [0.2, 0.25) is 0 Å². The first-order chi connectivity index (χ1) is 8.72. The zero-order valence-corrected chi connectivity index (χ0v) is 11.4. The van der Waals surface area contributed by atoms with Gasteiger partial charge in [0, 0.05) is 12.5 Å². The van der Waals surface area contributed by atoms with Crippen molar-refractivity contribution in [2.45, 2.75) is 56.6 Å². The van der Waals surface area contributed by atoms with Crippen LogP contribution in [0.4, 0.5) is 0 Å². The van der Waals surface area contributed by atoms with Crippen molar-refractivity contribution in [2.75, 3.05) is 5.75 Å². The Morgan fingerprint density at radius 3 is 2.83 bits per heavy atom. The molecule has 1 aliphatic rings. The molecule has 1 N–H and O–H groups in total. The number of carboxylic acids is 1. The Bertz CT molecular complexity index is 415. The van der Waals surface area contributed by atoms with E-state index in [0.29, 0.717) is 5.92 Å². The predicted molar refractivity (Wildman–Crippen MR) is 69.9 cm³/mol. The van der Waals surface area contributed by atoms with Gasteiger partial charge in [-0.3, -0.25) is 4.79 Å². The number of rotatable bonds is 8. The molecule has 0 unspecified atom stereocenters. The third-order valence-electron chi connectivity index (χ3n) is 3.00. The SMILES string of the molecule is CCCCCn1c(SCC(=O)O)nnc1C1CC1. The summed E-state index contributed by atoms with van der Waals surface area (Å²) < 4.78 is 2.13. The van der Waals surface area contributed by atoms with Gasteiger partial charge in [0.05, 0.1) is 5.75 Å². The Balaban J connectivity index is 2.04. The molecule has 1 aromatic rings. The van der Waals surface area contributed by atoms with Gasteiger partial charge >= 0.3 is 5.97 Å². The summed E-state index contributed by atoms with van der Waals surface area (Å²) in [5.41, 5.74) is 0. The smallest absolute Gasteiger partial charge is 0.313 e. The van der Waals surface area contributed by atoms with Gasteiger partial charge in [-0.05, 0) is 19.3 Å². The van der Waals surface area contributed by atoms with Crippen LogP contribution in [-0.4, -0.2) is 31.6 Å². The summed E-state index contributed by atoms with van der Waals surface area (Å²) in [6.45, 7) is 3.09. The molecule has 0 aromatic carbocycles. The lowest BCUT2D eigenvalue weighted by Crippen LogP contribution is -2.06. The van der Waals surface area contributed by atoms with Gasteiger partial charge < -0.3 is 9.67 Å². The highest BCUT2D eigenvalue weighted by Gasteiger charge is 2.30. The fraction of sp³-hybridized carbons (Fsp3) is 0.750. The monoisotopic (exact) mass is 269 g/mol. The Hall–Kier alpha value is -1.04. The van der Waals surface area contributed by atoms with Gasteiger partial charge in [-0.2, -0.15) is 0 Å². The summed E-state index contributed by atoms with van der Waals surface area (Å²) in [5, 5.41) is 17.9. The van der Waals surface area contributed by atoms with Crippen LogP contribution in [0.25, 0.3) is 0 Å². The lowest BCUT2D eigenvalue weighted by Gasteiger charge is -2.08. The van der Waals surface area contributed by atoms with Crippen molar-refractivity contribution in [1.82, 2.24) is 14.8 Å². The molecule has 100 valence electrons. The van der Waals surface area contributed by atoms with Gasteiger partial charge in [0.25, 0.3) is 0 Å². The van der Waals surface area contributed by atoms with Crippen molar-refractivity contribution in [3.63, 3.8) is 0 Å². The molecule has 0 aliphatic heterocycles. The first-order valence-electron chi connectivity index (χ1n) is 6.50. The first kappa shape index (κ1) is 13.4. The molecule has 0 spiro atoms. The maximum absolute atomic E-state index is 10.6. The number of aromatic nitrogens is 3. The molecule has 1 aliphatic carbocycles. The maximum Gasteiger partial charge on any atom is 0.313 e. The molecule has 0 bridgehead atoms. The second kappa shape index (κ2) is 6.22. The van der Waals surface area contributed by atoms with Crippen LogP contribution in [0.2, 0.25) is 0 Å².